The lowest BCUT2D eigenvalue weighted by Crippen LogP contribution is -2.47. The molecule has 1 fully saturated rings. The molecular formula is C15H23NO2. The Bertz CT molecular complexity index is 369. The predicted octanol–water partition coefficient (Wildman–Crippen LogP) is 2.44. The van der Waals surface area contributed by atoms with Crippen LogP contribution in [0.1, 0.15) is 36.9 Å². The van der Waals surface area contributed by atoms with Crippen LogP contribution in [0.5, 0.6) is 0 Å². The summed E-state index contributed by atoms with van der Waals surface area (Å²) in [5, 5.41) is 0. The zero-order valence-corrected chi connectivity index (χ0v) is 11.3. The molecule has 3 nitrogen and oxygen atoms in total. The van der Waals surface area contributed by atoms with Gasteiger partial charge in [-0.3, -0.25) is 0 Å². The van der Waals surface area contributed by atoms with Gasteiger partial charge in [-0.25, -0.2) is 0 Å². The number of hydrogen-bond donors (Lipinski definition) is 1. The van der Waals surface area contributed by atoms with E-state index >= 15 is 0 Å². The lowest BCUT2D eigenvalue weighted by Gasteiger charge is -2.40. The molecule has 0 spiro atoms. The fraction of sp³-hybridized carbons (Fsp3) is 0.600. The summed E-state index contributed by atoms with van der Waals surface area (Å²) in [6.07, 6.45) is 2.78. The molecule has 0 aliphatic carbocycles. The van der Waals surface area contributed by atoms with Gasteiger partial charge in [0.2, 0.25) is 0 Å². The fourth-order valence-corrected chi connectivity index (χ4v) is 2.62. The molecule has 0 radical (unpaired) electrons. The summed E-state index contributed by atoms with van der Waals surface area (Å²) in [5.74, 6) is 0. The molecule has 100 valence electrons. The number of ether oxygens (including phenoxy) is 2. The first kappa shape index (κ1) is 13.5. The van der Waals surface area contributed by atoms with Crippen LogP contribution in [0.3, 0.4) is 0 Å². The van der Waals surface area contributed by atoms with Gasteiger partial charge in [-0.05, 0) is 17.5 Å². The van der Waals surface area contributed by atoms with Crippen LogP contribution in [0.15, 0.2) is 24.3 Å². The average molecular weight is 249 g/mol. The van der Waals surface area contributed by atoms with E-state index in [1.54, 1.807) is 7.11 Å². The zero-order chi connectivity index (χ0) is 13.0. The molecule has 1 atom stereocenters. The summed E-state index contributed by atoms with van der Waals surface area (Å²) in [4.78, 5) is 0. The van der Waals surface area contributed by atoms with Crippen molar-refractivity contribution in [1.29, 1.82) is 0 Å². The number of benzene rings is 1. The molecular weight excluding hydrogens is 226 g/mol. The molecule has 1 aromatic rings. The third-order valence-corrected chi connectivity index (χ3v) is 4.06. The van der Waals surface area contributed by atoms with Gasteiger partial charge in [-0.2, -0.15) is 0 Å². The Kier molecular flexibility index (Phi) is 4.38. The van der Waals surface area contributed by atoms with Crippen molar-refractivity contribution in [3.05, 3.63) is 35.4 Å². The standard InChI is InChI=1S/C15H23NO2/c1-3-12-4-6-13(7-5-12)14(16)15(17-2)8-10-18-11-9-15/h4-7,14H,3,8-11,16H2,1-2H3. The number of aryl methyl sites for hydroxylation is 1. The Balaban J connectivity index is 2.19. The van der Waals surface area contributed by atoms with E-state index in [2.05, 4.69) is 31.2 Å². The van der Waals surface area contributed by atoms with E-state index in [4.69, 9.17) is 15.2 Å². The van der Waals surface area contributed by atoms with E-state index < -0.39 is 0 Å². The first-order valence-electron chi connectivity index (χ1n) is 6.69. The molecule has 1 unspecified atom stereocenters. The molecule has 0 bridgehead atoms. The molecule has 0 aromatic heterocycles. The summed E-state index contributed by atoms with van der Waals surface area (Å²) in [6.45, 7) is 3.62. The maximum atomic E-state index is 6.43. The Labute approximate surface area is 109 Å². The van der Waals surface area contributed by atoms with Gasteiger partial charge in [0.1, 0.15) is 0 Å². The molecule has 2 rings (SSSR count). The second-order valence-electron chi connectivity index (χ2n) is 4.95. The van der Waals surface area contributed by atoms with Crippen molar-refractivity contribution in [3.63, 3.8) is 0 Å². The van der Waals surface area contributed by atoms with Crippen LogP contribution in [0, 0.1) is 0 Å². The highest BCUT2D eigenvalue weighted by atomic mass is 16.5. The molecule has 0 saturated carbocycles. The summed E-state index contributed by atoms with van der Waals surface area (Å²) in [6, 6.07) is 8.46. The second kappa shape index (κ2) is 5.83. The van der Waals surface area contributed by atoms with Crippen molar-refractivity contribution in [2.24, 2.45) is 5.73 Å². The quantitative estimate of drug-likeness (QED) is 0.891. The van der Waals surface area contributed by atoms with Crippen molar-refractivity contribution in [2.45, 2.75) is 37.8 Å². The smallest absolute Gasteiger partial charge is 0.0914 e. The third-order valence-electron chi connectivity index (χ3n) is 4.06. The van der Waals surface area contributed by atoms with Gasteiger partial charge in [-0.15, -0.1) is 0 Å². The van der Waals surface area contributed by atoms with E-state index in [-0.39, 0.29) is 11.6 Å². The molecule has 1 aromatic carbocycles. The third kappa shape index (κ3) is 2.58. The van der Waals surface area contributed by atoms with Crippen molar-refractivity contribution < 1.29 is 9.47 Å². The van der Waals surface area contributed by atoms with Crippen LogP contribution in [0.25, 0.3) is 0 Å². The lowest BCUT2D eigenvalue weighted by molar-refractivity contribution is -0.105. The van der Waals surface area contributed by atoms with E-state index in [1.165, 1.54) is 5.56 Å². The summed E-state index contributed by atoms with van der Waals surface area (Å²) in [7, 11) is 1.76. The van der Waals surface area contributed by atoms with Crippen molar-refractivity contribution in [1.82, 2.24) is 0 Å². The van der Waals surface area contributed by atoms with E-state index in [0.29, 0.717) is 0 Å². The highest BCUT2D eigenvalue weighted by Crippen LogP contribution is 2.35. The number of rotatable bonds is 4. The van der Waals surface area contributed by atoms with Gasteiger partial charge in [0, 0.05) is 33.2 Å². The fourth-order valence-electron chi connectivity index (χ4n) is 2.62. The Morgan fingerprint density at radius 3 is 2.39 bits per heavy atom. The summed E-state index contributed by atoms with van der Waals surface area (Å²) in [5.41, 5.74) is 8.64. The monoisotopic (exact) mass is 249 g/mol. The topological polar surface area (TPSA) is 44.5 Å². The Hall–Kier alpha value is -0.900. The highest BCUT2D eigenvalue weighted by molar-refractivity contribution is 5.27. The van der Waals surface area contributed by atoms with Crippen LogP contribution < -0.4 is 5.73 Å². The minimum atomic E-state index is -0.272. The lowest BCUT2D eigenvalue weighted by atomic mass is 9.82. The second-order valence-corrected chi connectivity index (χ2v) is 4.95. The first-order chi connectivity index (χ1) is 8.72. The molecule has 2 N–H and O–H groups in total. The molecule has 3 heteroatoms. The van der Waals surface area contributed by atoms with Crippen LogP contribution in [-0.2, 0) is 15.9 Å². The van der Waals surface area contributed by atoms with Gasteiger partial charge in [0.05, 0.1) is 11.6 Å². The maximum Gasteiger partial charge on any atom is 0.0914 e. The van der Waals surface area contributed by atoms with Crippen LogP contribution in [0.4, 0.5) is 0 Å². The number of hydrogen-bond acceptors (Lipinski definition) is 3. The zero-order valence-electron chi connectivity index (χ0n) is 11.3. The SMILES string of the molecule is CCc1ccc(C(N)C2(OC)CCOCC2)cc1. The first-order valence-corrected chi connectivity index (χ1v) is 6.69. The van der Waals surface area contributed by atoms with Gasteiger partial charge >= 0.3 is 0 Å². The maximum absolute atomic E-state index is 6.43. The number of methoxy groups -OCH3 is 1. The molecule has 1 aliphatic heterocycles. The van der Waals surface area contributed by atoms with Gasteiger partial charge < -0.3 is 15.2 Å². The van der Waals surface area contributed by atoms with E-state index in [0.717, 1.165) is 38.0 Å². The Morgan fingerprint density at radius 2 is 1.89 bits per heavy atom. The van der Waals surface area contributed by atoms with Crippen LogP contribution >= 0.6 is 0 Å². The van der Waals surface area contributed by atoms with Crippen molar-refractivity contribution in [2.75, 3.05) is 20.3 Å². The summed E-state index contributed by atoms with van der Waals surface area (Å²) >= 11 is 0. The minimum Gasteiger partial charge on any atom is -0.381 e. The molecule has 18 heavy (non-hydrogen) atoms. The van der Waals surface area contributed by atoms with E-state index in [9.17, 15) is 0 Å². The minimum absolute atomic E-state index is 0.0858. The van der Waals surface area contributed by atoms with Gasteiger partial charge in [-0.1, -0.05) is 31.2 Å². The van der Waals surface area contributed by atoms with Crippen molar-refractivity contribution >= 4 is 0 Å². The average Bonchev–Trinajstić information content (AvgIpc) is 2.47. The largest absolute Gasteiger partial charge is 0.381 e. The highest BCUT2D eigenvalue weighted by Gasteiger charge is 2.39. The van der Waals surface area contributed by atoms with Gasteiger partial charge in [0.15, 0.2) is 0 Å². The van der Waals surface area contributed by atoms with Crippen molar-refractivity contribution in [3.8, 4) is 0 Å². The van der Waals surface area contributed by atoms with Crippen LogP contribution in [-0.4, -0.2) is 25.9 Å². The summed E-state index contributed by atoms with van der Waals surface area (Å²) < 4.78 is 11.2. The molecule has 0 amide bonds. The predicted molar refractivity (Wildman–Crippen MR) is 72.5 cm³/mol. The van der Waals surface area contributed by atoms with Crippen LogP contribution in [0.2, 0.25) is 0 Å². The molecule has 1 saturated heterocycles. The normalized spacial score (nSPS) is 20.6. The van der Waals surface area contributed by atoms with E-state index in [1.807, 2.05) is 0 Å². The number of nitrogens with two attached hydrogens (primary N) is 1. The molecule has 1 aliphatic rings. The Morgan fingerprint density at radius 1 is 1.28 bits per heavy atom. The molecule has 1 heterocycles. The van der Waals surface area contributed by atoms with Gasteiger partial charge in [0.25, 0.3) is 0 Å².